The van der Waals surface area contributed by atoms with Crippen LogP contribution in [0.2, 0.25) is 0 Å². The van der Waals surface area contributed by atoms with Gasteiger partial charge in [0.05, 0.1) is 17.1 Å². The fourth-order valence-corrected chi connectivity index (χ4v) is 3.61. The molecule has 3 aromatic heterocycles. The molecule has 1 aliphatic rings. The van der Waals surface area contributed by atoms with E-state index in [1.165, 1.54) is 45.7 Å². The van der Waals surface area contributed by atoms with Gasteiger partial charge in [-0.25, -0.2) is 4.52 Å². The van der Waals surface area contributed by atoms with E-state index in [0.717, 1.165) is 13.0 Å². The lowest BCUT2D eigenvalue weighted by molar-refractivity contribution is -0.670. The molecule has 25 heavy (non-hydrogen) atoms. The second-order valence-electron chi connectivity index (χ2n) is 6.21. The molecule has 4 heterocycles. The molecule has 4 aromatic rings. The van der Waals surface area contributed by atoms with Gasteiger partial charge in [0.25, 0.3) is 0 Å². The summed E-state index contributed by atoms with van der Waals surface area (Å²) in [6.45, 7) is 9.33. The lowest BCUT2D eigenvalue weighted by Gasteiger charge is -2.07. The topological polar surface area (TPSA) is 21.2 Å². The monoisotopic (exact) mass is 334 g/mol. The van der Waals surface area contributed by atoms with Crippen LogP contribution in [0.4, 0.5) is 0 Å². The van der Waals surface area contributed by atoms with Crippen molar-refractivity contribution in [2.45, 2.75) is 53.5 Å². The minimum absolute atomic E-state index is 1.08. The Balaban J connectivity index is 0.000000333. The third-order valence-electron chi connectivity index (χ3n) is 4.43. The number of hydrogen-bond acceptors (Lipinski definition) is 1. The molecule has 3 nitrogen and oxygen atoms in total. The molecule has 0 saturated heterocycles. The molecule has 130 valence electrons. The van der Waals surface area contributed by atoms with Crippen molar-refractivity contribution in [1.29, 1.82) is 0 Å². The van der Waals surface area contributed by atoms with Gasteiger partial charge in [-0.05, 0) is 24.1 Å². The van der Waals surface area contributed by atoms with Crippen LogP contribution in [0.1, 0.15) is 46.1 Å². The Hall–Kier alpha value is -2.42. The first kappa shape index (κ1) is 17.4. The van der Waals surface area contributed by atoms with Gasteiger partial charge in [-0.2, -0.15) is 9.67 Å². The van der Waals surface area contributed by atoms with Gasteiger partial charge in [-0.15, -0.1) is 0 Å². The van der Waals surface area contributed by atoms with Crippen molar-refractivity contribution in [3.05, 3.63) is 54.4 Å². The summed E-state index contributed by atoms with van der Waals surface area (Å²) in [5.41, 5.74) is 5.20. The molecule has 0 atom stereocenters. The van der Waals surface area contributed by atoms with Gasteiger partial charge in [0, 0.05) is 17.9 Å². The summed E-state index contributed by atoms with van der Waals surface area (Å²) in [6.07, 6.45) is 7.68. The summed E-state index contributed by atoms with van der Waals surface area (Å²) in [4.78, 5) is 0. The van der Waals surface area contributed by atoms with Gasteiger partial charge in [-0.1, -0.05) is 52.3 Å². The predicted molar refractivity (Wildman–Crippen MR) is 106 cm³/mol. The summed E-state index contributed by atoms with van der Waals surface area (Å²) in [5, 5.41) is 7.25. The van der Waals surface area contributed by atoms with Crippen molar-refractivity contribution in [3.8, 4) is 0 Å². The van der Waals surface area contributed by atoms with Gasteiger partial charge in [0.15, 0.2) is 6.20 Å². The molecule has 5 rings (SSSR count). The fourth-order valence-electron chi connectivity index (χ4n) is 3.61. The molecular formula is C22H28N3+. The number of hydrogen-bond donors (Lipinski definition) is 0. The zero-order valence-corrected chi connectivity index (χ0v) is 15.8. The highest BCUT2D eigenvalue weighted by atomic mass is 15.2. The number of fused-ring (bicyclic) bond motifs is 3. The molecule has 0 N–H and O–H groups in total. The van der Waals surface area contributed by atoms with Crippen LogP contribution in [-0.2, 0) is 13.0 Å². The largest absolute Gasteiger partial charge is 0.239 e. The zero-order valence-electron chi connectivity index (χ0n) is 15.8. The quantitative estimate of drug-likeness (QED) is 0.315. The lowest BCUT2D eigenvalue weighted by Crippen LogP contribution is -2.33. The maximum Gasteiger partial charge on any atom is 0.239 e. The first-order valence-electron chi connectivity index (χ1n) is 9.54. The summed E-state index contributed by atoms with van der Waals surface area (Å²) in [6, 6.07) is 13.1. The maximum absolute atomic E-state index is 4.53. The van der Waals surface area contributed by atoms with Crippen molar-refractivity contribution in [3.63, 3.8) is 0 Å². The molecule has 1 aromatic carbocycles. The molecule has 1 aliphatic heterocycles. The third-order valence-corrected chi connectivity index (χ3v) is 4.43. The molecule has 0 aliphatic carbocycles. The van der Waals surface area contributed by atoms with Crippen LogP contribution < -0.4 is 4.57 Å². The predicted octanol–water partition coefficient (Wildman–Crippen LogP) is 5.32. The summed E-state index contributed by atoms with van der Waals surface area (Å²) in [7, 11) is 0. The first-order valence-corrected chi connectivity index (χ1v) is 9.54. The van der Waals surface area contributed by atoms with Crippen molar-refractivity contribution in [2.75, 3.05) is 0 Å². The second-order valence-corrected chi connectivity index (χ2v) is 6.21. The van der Waals surface area contributed by atoms with E-state index in [2.05, 4.69) is 70.6 Å². The number of aryl methyl sites for hydroxylation is 2. The molecule has 0 unspecified atom stereocenters. The van der Waals surface area contributed by atoms with Crippen LogP contribution in [0, 0.1) is 0 Å². The van der Waals surface area contributed by atoms with Crippen molar-refractivity contribution in [1.82, 2.24) is 9.61 Å². The van der Waals surface area contributed by atoms with E-state index in [0.29, 0.717) is 0 Å². The van der Waals surface area contributed by atoms with E-state index in [9.17, 15) is 0 Å². The molecular weight excluding hydrogens is 306 g/mol. The SMILES string of the molecule is CC.CCC.c1cc2c3c(c1)c1ccnn1c1ccc[n+](c31)CCC2. The van der Waals surface area contributed by atoms with Crippen molar-refractivity contribution >= 4 is 27.3 Å². The molecule has 0 fully saturated rings. The van der Waals surface area contributed by atoms with Gasteiger partial charge < -0.3 is 0 Å². The van der Waals surface area contributed by atoms with Crippen molar-refractivity contribution in [2.24, 2.45) is 0 Å². The van der Waals surface area contributed by atoms with Gasteiger partial charge in [0.2, 0.25) is 5.52 Å². The smallest absolute Gasteiger partial charge is 0.226 e. The minimum Gasteiger partial charge on any atom is -0.226 e. The van der Waals surface area contributed by atoms with E-state index in [1.54, 1.807) is 0 Å². The summed E-state index contributed by atoms with van der Waals surface area (Å²) < 4.78 is 4.46. The zero-order chi connectivity index (χ0) is 17.8. The Morgan fingerprint density at radius 1 is 1.04 bits per heavy atom. The molecule has 3 heteroatoms. The Morgan fingerprint density at radius 2 is 1.84 bits per heavy atom. The highest BCUT2D eigenvalue weighted by molar-refractivity contribution is 6.11. The molecule has 0 saturated carbocycles. The van der Waals surface area contributed by atoms with Crippen LogP contribution in [0.5, 0.6) is 0 Å². The molecule has 0 bridgehead atoms. The van der Waals surface area contributed by atoms with Crippen LogP contribution in [0.25, 0.3) is 27.3 Å². The minimum atomic E-state index is 1.08. The Bertz CT molecular complexity index is 921. The van der Waals surface area contributed by atoms with Crippen molar-refractivity contribution < 1.29 is 4.57 Å². The molecule has 0 spiro atoms. The van der Waals surface area contributed by atoms with E-state index in [-0.39, 0.29) is 0 Å². The van der Waals surface area contributed by atoms with Crippen LogP contribution in [0.15, 0.2) is 48.8 Å². The van der Waals surface area contributed by atoms with Gasteiger partial charge >= 0.3 is 0 Å². The Labute approximate surface area is 149 Å². The van der Waals surface area contributed by atoms with Crippen LogP contribution in [0.3, 0.4) is 0 Å². The van der Waals surface area contributed by atoms with E-state index < -0.39 is 0 Å². The Morgan fingerprint density at radius 3 is 2.64 bits per heavy atom. The highest BCUT2D eigenvalue weighted by Crippen LogP contribution is 2.31. The first-order chi connectivity index (χ1) is 12.3. The summed E-state index contributed by atoms with van der Waals surface area (Å²) >= 11 is 0. The average Bonchev–Trinajstić information content (AvgIpc) is 3.06. The standard InChI is InChI=1S/C17H14N3.C3H8.C2H6/c1-4-12-5-2-10-19-11-3-7-15-17(19)16(12)13(6-1)14-8-9-18-20(14)15;1-3-2;1-2/h1,3-4,6-9,11H,2,5,10H2;3H2,1-2H3;1-2H3/q+1;;. The van der Waals surface area contributed by atoms with E-state index in [1.807, 2.05) is 20.0 Å². The van der Waals surface area contributed by atoms with Gasteiger partial charge in [0.1, 0.15) is 12.1 Å². The summed E-state index contributed by atoms with van der Waals surface area (Å²) in [5.74, 6) is 0. The lowest BCUT2D eigenvalue weighted by atomic mass is 10.0. The average molecular weight is 334 g/mol. The third kappa shape index (κ3) is 2.88. The number of rotatable bonds is 0. The number of nitrogens with zero attached hydrogens (tertiary/aromatic N) is 3. The maximum atomic E-state index is 4.53. The Kier molecular flexibility index (Phi) is 5.32. The van der Waals surface area contributed by atoms with Crippen LogP contribution in [-0.4, -0.2) is 9.61 Å². The second kappa shape index (κ2) is 7.64. The normalized spacial score (nSPS) is 12.5. The fraction of sp³-hybridized carbons (Fsp3) is 0.364. The number of pyridine rings is 2. The van der Waals surface area contributed by atoms with Gasteiger partial charge in [-0.3, -0.25) is 0 Å². The highest BCUT2D eigenvalue weighted by Gasteiger charge is 2.22. The molecule has 0 radical (unpaired) electrons. The number of aromatic nitrogens is 3. The molecule has 0 amide bonds. The van der Waals surface area contributed by atoms with E-state index >= 15 is 0 Å². The number of benzene rings is 1. The van der Waals surface area contributed by atoms with Crippen LogP contribution >= 0.6 is 0 Å². The van der Waals surface area contributed by atoms with E-state index in [4.69, 9.17) is 0 Å².